The number of anilines is 1. The number of H-pyrrole nitrogens is 1. The molecule has 2 N–H and O–H groups in total. The van der Waals surface area contributed by atoms with Crippen molar-refractivity contribution in [2.24, 2.45) is 5.92 Å². The Morgan fingerprint density at radius 1 is 1.23 bits per heavy atom. The SMILES string of the molecule is COc1ccc(OC)c(NC(=O)[C@@H]2CC(=O)N(CCc3c[nH]c4ccc(Cl)cc34)C2)c1. The number of hydrogen-bond acceptors (Lipinski definition) is 4. The zero-order valence-electron chi connectivity index (χ0n) is 17.4. The van der Waals surface area contributed by atoms with Gasteiger partial charge >= 0.3 is 0 Å². The van der Waals surface area contributed by atoms with E-state index in [2.05, 4.69) is 10.3 Å². The van der Waals surface area contributed by atoms with Crippen LogP contribution in [0.25, 0.3) is 10.9 Å². The highest BCUT2D eigenvalue weighted by atomic mass is 35.5. The molecule has 31 heavy (non-hydrogen) atoms. The average Bonchev–Trinajstić information content (AvgIpc) is 3.34. The number of hydrogen-bond donors (Lipinski definition) is 2. The summed E-state index contributed by atoms with van der Waals surface area (Å²) in [5, 5.41) is 4.61. The lowest BCUT2D eigenvalue weighted by molar-refractivity contribution is -0.128. The van der Waals surface area contributed by atoms with E-state index in [9.17, 15) is 9.59 Å². The zero-order chi connectivity index (χ0) is 22.0. The molecule has 1 aliphatic heterocycles. The predicted molar refractivity (Wildman–Crippen MR) is 120 cm³/mol. The van der Waals surface area contributed by atoms with Crippen molar-refractivity contribution in [2.45, 2.75) is 12.8 Å². The van der Waals surface area contributed by atoms with Crippen LogP contribution in [0.1, 0.15) is 12.0 Å². The highest BCUT2D eigenvalue weighted by molar-refractivity contribution is 6.31. The minimum absolute atomic E-state index is 0.0179. The molecule has 1 aromatic heterocycles. The van der Waals surface area contributed by atoms with Crippen molar-refractivity contribution in [1.82, 2.24) is 9.88 Å². The van der Waals surface area contributed by atoms with Crippen LogP contribution in [0.15, 0.2) is 42.6 Å². The van der Waals surface area contributed by atoms with Crippen LogP contribution in [0.3, 0.4) is 0 Å². The molecule has 1 fully saturated rings. The molecule has 0 unspecified atom stereocenters. The standard InChI is InChI=1S/C23H24ClN3O4/c1-30-17-4-6-21(31-2)20(11-17)26-23(29)15-9-22(28)27(13-15)8-7-14-12-25-19-5-3-16(24)10-18(14)19/h3-6,10-12,15,25H,7-9,13H2,1-2H3,(H,26,29)/t15-/m1/s1. The topological polar surface area (TPSA) is 83.7 Å². The van der Waals surface area contributed by atoms with Crippen LogP contribution < -0.4 is 14.8 Å². The van der Waals surface area contributed by atoms with Gasteiger partial charge in [0.1, 0.15) is 11.5 Å². The number of nitrogens with one attached hydrogen (secondary N) is 2. The molecular weight excluding hydrogens is 418 g/mol. The summed E-state index contributed by atoms with van der Waals surface area (Å²) in [6.07, 6.45) is 2.82. The highest BCUT2D eigenvalue weighted by Crippen LogP contribution is 2.30. The average molecular weight is 442 g/mol. The Bertz CT molecular complexity index is 1130. The van der Waals surface area contributed by atoms with E-state index in [1.165, 1.54) is 7.11 Å². The number of ether oxygens (including phenoxy) is 2. The second kappa shape index (κ2) is 8.89. The number of halogens is 1. The number of carbonyl (C=O) groups is 2. The minimum atomic E-state index is -0.416. The van der Waals surface area contributed by atoms with Gasteiger partial charge in [-0.2, -0.15) is 0 Å². The van der Waals surface area contributed by atoms with Gasteiger partial charge in [-0.3, -0.25) is 9.59 Å². The van der Waals surface area contributed by atoms with Gasteiger partial charge in [-0.15, -0.1) is 0 Å². The number of rotatable bonds is 7. The van der Waals surface area contributed by atoms with E-state index in [4.69, 9.17) is 21.1 Å². The summed E-state index contributed by atoms with van der Waals surface area (Å²) in [6.45, 7) is 0.935. The number of nitrogens with zero attached hydrogens (tertiary/aromatic N) is 1. The molecule has 8 heteroatoms. The number of amides is 2. The Labute approximate surface area is 185 Å². The van der Waals surface area contributed by atoms with Gasteiger partial charge in [0.2, 0.25) is 11.8 Å². The lowest BCUT2D eigenvalue weighted by Crippen LogP contribution is -2.30. The molecule has 0 bridgehead atoms. The fourth-order valence-electron chi connectivity index (χ4n) is 3.92. The molecular formula is C23H24ClN3O4. The van der Waals surface area contributed by atoms with Crippen molar-refractivity contribution in [3.05, 3.63) is 53.2 Å². The lowest BCUT2D eigenvalue weighted by Gasteiger charge is -2.17. The van der Waals surface area contributed by atoms with Gasteiger partial charge in [-0.1, -0.05) is 11.6 Å². The maximum absolute atomic E-state index is 12.8. The van der Waals surface area contributed by atoms with Crippen LogP contribution in [0.5, 0.6) is 11.5 Å². The molecule has 1 aliphatic rings. The van der Waals surface area contributed by atoms with Gasteiger partial charge in [0.25, 0.3) is 0 Å². The third kappa shape index (κ3) is 4.46. The Morgan fingerprint density at radius 3 is 2.84 bits per heavy atom. The molecule has 2 aromatic carbocycles. The smallest absolute Gasteiger partial charge is 0.229 e. The van der Waals surface area contributed by atoms with Gasteiger partial charge < -0.3 is 24.7 Å². The van der Waals surface area contributed by atoms with Crippen molar-refractivity contribution >= 4 is 40.0 Å². The fraction of sp³-hybridized carbons (Fsp3) is 0.304. The molecule has 0 spiro atoms. The quantitative estimate of drug-likeness (QED) is 0.583. The Hall–Kier alpha value is -3.19. The molecule has 1 saturated heterocycles. The van der Waals surface area contributed by atoms with E-state index < -0.39 is 5.92 Å². The maximum atomic E-state index is 12.8. The second-order valence-electron chi connectivity index (χ2n) is 7.55. The largest absolute Gasteiger partial charge is 0.497 e. The molecule has 3 aromatic rings. The molecule has 0 radical (unpaired) electrons. The lowest BCUT2D eigenvalue weighted by atomic mass is 10.1. The normalized spacial score (nSPS) is 16.0. The minimum Gasteiger partial charge on any atom is -0.497 e. The summed E-state index contributed by atoms with van der Waals surface area (Å²) in [5.74, 6) is 0.505. The first-order valence-corrected chi connectivity index (χ1v) is 10.4. The first kappa shape index (κ1) is 21.1. The van der Waals surface area contributed by atoms with E-state index in [-0.39, 0.29) is 18.2 Å². The van der Waals surface area contributed by atoms with Crippen molar-refractivity contribution in [2.75, 3.05) is 32.6 Å². The number of methoxy groups -OCH3 is 2. The zero-order valence-corrected chi connectivity index (χ0v) is 18.2. The number of fused-ring (bicyclic) bond motifs is 1. The van der Waals surface area contributed by atoms with Crippen molar-refractivity contribution in [1.29, 1.82) is 0 Å². The van der Waals surface area contributed by atoms with Crippen LogP contribution in [-0.2, 0) is 16.0 Å². The Balaban J connectivity index is 1.40. The summed E-state index contributed by atoms with van der Waals surface area (Å²) in [6, 6.07) is 10.9. The summed E-state index contributed by atoms with van der Waals surface area (Å²) in [7, 11) is 3.10. The van der Waals surface area contributed by atoms with Crippen LogP contribution in [0.4, 0.5) is 5.69 Å². The monoisotopic (exact) mass is 441 g/mol. The Morgan fingerprint density at radius 2 is 2.06 bits per heavy atom. The van der Waals surface area contributed by atoms with Gasteiger partial charge in [0.15, 0.2) is 0 Å². The number of carbonyl (C=O) groups excluding carboxylic acids is 2. The third-order valence-corrected chi connectivity index (χ3v) is 5.87. The number of benzene rings is 2. The van der Waals surface area contributed by atoms with Gasteiger partial charge in [0.05, 0.1) is 25.8 Å². The molecule has 162 valence electrons. The van der Waals surface area contributed by atoms with Gasteiger partial charge in [0, 0.05) is 47.7 Å². The Kier molecular flexibility index (Phi) is 6.04. The van der Waals surface area contributed by atoms with E-state index in [0.29, 0.717) is 41.7 Å². The summed E-state index contributed by atoms with van der Waals surface area (Å²) >= 11 is 6.12. The van der Waals surface area contributed by atoms with E-state index >= 15 is 0 Å². The van der Waals surface area contributed by atoms with Gasteiger partial charge in [-0.05, 0) is 42.3 Å². The van der Waals surface area contributed by atoms with Crippen molar-refractivity contribution in [3.63, 3.8) is 0 Å². The van der Waals surface area contributed by atoms with E-state index in [1.807, 2.05) is 24.4 Å². The summed E-state index contributed by atoms with van der Waals surface area (Å²) < 4.78 is 10.5. The van der Waals surface area contributed by atoms with Crippen LogP contribution in [-0.4, -0.2) is 49.0 Å². The molecule has 2 amide bonds. The van der Waals surface area contributed by atoms with Crippen LogP contribution >= 0.6 is 11.6 Å². The first-order valence-electron chi connectivity index (χ1n) is 10.0. The van der Waals surface area contributed by atoms with E-state index in [1.54, 1.807) is 30.2 Å². The second-order valence-corrected chi connectivity index (χ2v) is 7.99. The molecule has 1 atom stereocenters. The van der Waals surface area contributed by atoms with Crippen LogP contribution in [0, 0.1) is 5.92 Å². The summed E-state index contributed by atoms with van der Waals surface area (Å²) in [5.41, 5.74) is 2.63. The van der Waals surface area contributed by atoms with Crippen LogP contribution in [0.2, 0.25) is 5.02 Å². The summed E-state index contributed by atoms with van der Waals surface area (Å²) in [4.78, 5) is 30.3. The number of aromatic nitrogens is 1. The third-order valence-electron chi connectivity index (χ3n) is 5.63. The van der Waals surface area contributed by atoms with E-state index in [0.717, 1.165) is 16.5 Å². The number of aromatic amines is 1. The highest BCUT2D eigenvalue weighted by Gasteiger charge is 2.34. The molecule has 7 nitrogen and oxygen atoms in total. The number of likely N-dealkylation sites (tertiary alicyclic amines) is 1. The fourth-order valence-corrected chi connectivity index (χ4v) is 4.10. The predicted octanol–water partition coefficient (Wildman–Crippen LogP) is 3.87. The first-order chi connectivity index (χ1) is 15.0. The molecule has 0 aliphatic carbocycles. The molecule has 2 heterocycles. The van der Waals surface area contributed by atoms with Gasteiger partial charge in [-0.25, -0.2) is 0 Å². The van der Waals surface area contributed by atoms with Crippen molar-refractivity contribution < 1.29 is 19.1 Å². The van der Waals surface area contributed by atoms with Crippen molar-refractivity contribution in [3.8, 4) is 11.5 Å². The maximum Gasteiger partial charge on any atom is 0.229 e. The molecule has 0 saturated carbocycles. The molecule has 4 rings (SSSR count).